The lowest BCUT2D eigenvalue weighted by Crippen LogP contribution is -2.53. The zero-order valence-electron chi connectivity index (χ0n) is 23.3. The summed E-state index contributed by atoms with van der Waals surface area (Å²) < 4.78 is 32.3. The number of para-hydroxylation sites is 2. The quantitative estimate of drug-likeness (QED) is 0.246. The van der Waals surface area contributed by atoms with E-state index in [2.05, 4.69) is 5.32 Å². The summed E-state index contributed by atoms with van der Waals surface area (Å²) >= 11 is 12.6. The first-order valence-corrected chi connectivity index (χ1v) is 15.8. The largest absolute Gasteiger partial charge is 0.495 e. The summed E-state index contributed by atoms with van der Waals surface area (Å²) in [4.78, 5) is 29.2. The third-order valence-electron chi connectivity index (χ3n) is 6.49. The van der Waals surface area contributed by atoms with Crippen molar-refractivity contribution < 1.29 is 22.7 Å². The Hall–Kier alpha value is -3.27. The first kappa shape index (κ1) is 32.2. The highest BCUT2D eigenvalue weighted by Crippen LogP contribution is 2.30. The molecule has 41 heavy (non-hydrogen) atoms. The predicted octanol–water partition coefficient (Wildman–Crippen LogP) is 5.32. The molecular formula is C30H35Cl2N3O5S. The molecule has 11 heteroatoms. The van der Waals surface area contributed by atoms with Crippen LogP contribution in [0, 0.1) is 0 Å². The molecule has 0 fully saturated rings. The van der Waals surface area contributed by atoms with E-state index in [0.717, 1.165) is 29.0 Å². The van der Waals surface area contributed by atoms with E-state index >= 15 is 0 Å². The van der Waals surface area contributed by atoms with Crippen LogP contribution < -0.4 is 14.4 Å². The number of nitrogens with one attached hydrogen (secondary N) is 1. The van der Waals surface area contributed by atoms with Crippen LogP contribution in [0.5, 0.6) is 5.75 Å². The molecule has 0 bridgehead atoms. The van der Waals surface area contributed by atoms with Gasteiger partial charge in [0.15, 0.2) is 0 Å². The second-order valence-electron chi connectivity index (χ2n) is 9.55. The number of anilines is 1. The van der Waals surface area contributed by atoms with Crippen molar-refractivity contribution in [1.29, 1.82) is 0 Å². The Morgan fingerprint density at radius 1 is 1.00 bits per heavy atom. The Labute approximate surface area is 252 Å². The molecule has 8 nitrogen and oxygen atoms in total. The molecule has 3 aromatic rings. The summed E-state index contributed by atoms with van der Waals surface area (Å²) in [5.74, 6) is -0.640. The van der Waals surface area contributed by atoms with Crippen LogP contribution in [-0.2, 0) is 32.6 Å². The third kappa shape index (κ3) is 9.11. The standard InChI is InChI=1S/C30H35Cl2N3O5S/c1-4-5-17-33-30(37)27(18-22-11-7-6-8-12-22)34(20-23-15-16-24(31)19-25(23)32)29(36)21-35(41(3,38)39)26-13-9-10-14-28(26)40-2/h6-16,19,27H,4-5,17-18,20-21H2,1-3H3,(H,33,37)/t27-/m0/s1. The van der Waals surface area contributed by atoms with Crippen LogP contribution in [0.25, 0.3) is 0 Å². The van der Waals surface area contributed by atoms with Crippen LogP contribution >= 0.6 is 23.2 Å². The molecule has 0 aromatic heterocycles. The number of hydrogen-bond donors (Lipinski definition) is 1. The number of unbranched alkanes of at least 4 members (excludes halogenated alkanes) is 1. The van der Waals surface area contributed by atoms with Gasteiger partial charge in [-0.1, -0.05) is 85.1 Å². The Balaban J connectivity index is 2.08. The van der Waals surface area contributed by atoms with Gasteiger partial charge in [0.25, 0.3) is 0 Å². The van der Waals surface area contributed by atoms with E-state index in [1.165, 1.54) is 12.0 Å². The average Bonchev–Trinajstić information content (AvgIpc) is 2.94. The number of amides is 2. The second kappa shape index (κ2) is 15.1. The van der Waals surface area contributed by atoms with E-state index < -0.39 is 28.5 Å². The van der Waals surface area contributed by atoms with Gasteiger partial charge >= 0.3 is 0 Å². The van der Waals surface area contributed by atoms with Crippen molar-refractivity contribution in [2.24, 2.45) is 0 Å². The van der Waals surface area contributed by atoms with Gasteiger partial charge in [-0.05, 0) is 41.8 Å². The summed E-state index contributed by atoms with van der Waals surface area (Å²) in [7, 11) is -2.50. The fraction of sp³-hybridized carbons (Fsp3) is 0.333. The molecule has 0 aliphatic heterocycles. The average molecular weight is 621 g/mol. The van der Waals surface area contributed by atoms with Gasteiger partial charge in [0.05, 0.1) is 19.1 Å². The summed E-state index contributed by atoms with van der Waals surface area (Å²) in [5.41, 5.74) is 1.61. The SMILES string of the molecule is CCCCNC(=O)[C@H](Cc1ccccc1)N(Cc1ccc(Cl)cc1Cl)C(=O)CN(c1ccccc1OC)S(C)(=O)=O. The molecule has 3 rings (SSSR count). The Bertz CT molecular complexity index is 1440. The highest BCUT2D eigenvalue weighted by Gasteiger charge is 2.34. The number of sulfonamides is 1. The monoisotopic (exact) mass is 619 g/mol. The molecule has 3 aromatic carbocycles. The first-order valence-electron chi connectivity index (χ1n) is 13.2. The van der Waals surface area contributed by atoms with Crippen LogP contribution in [0.1, 0.15) is 30.9 Å². The van der Waals surface area contributed by atoms with Gasteiger partial charge in [-0.15, -0.1) is 0 Å². The van der Waals surface area contributed by atoms with Gasteiger partial charge < -0.3 is 15.0 Å². The molecule has 0 unspecified atom stereocenters. The van der Waals surface area contributed by atoms with Crippen LogP contribution in [-0.4, -0.2) is 57.6 Å². The van der Waals surface area contributed by atoms with Gasteiger partial charge in [0, 0.05) is 29.6 Å². The molecule has 0 aliphatic carbocycles. The molecule has 1 atom stereocenters. The fourth-order valence-electron chi connectivity index (χ4n) is 4.32. The van der Waals surface area contributed by atoms with Crippen LogP contribution in [0.15, 0.2) is 72.8 Å². The van der Waals surface area contributed by atoms with Crippen molar-refractivity contribution in [3.8, 4) is 5.75 Å². The van der Waals surface area contributed by atoms with Gasteiger partial charge in [0.1, 0.15) is 18.3 Å². The van der Waals surface area contributed by atoms with Crippen molar-refractivity contribution in [3.05, 3.63) is 94.0 Å². The molecule has 0 saturated heterocycles. The smallest absolute Gasteiger partial charge is 0.244 e. The molecule has 1 N–H and O–H groups in total. The van der Waals surface area contributed by atoms with E-state index in [4.69, 9.17) is 27.9 Å². The zero-order chi connectivity index (χ0) is 30.0. The molecule has 2 amide bonds. The van der Waals surface area contributed by atoms with Crippen molar-refractivity contribution in [2.75, 3.05) is 30.8 Å². The number of carbonyl (C=O) groups excluding carboxylic acids is 2. The van der Waals surface area contributed by atoms with Crippen LogP contribution in [0.2, 0.25) is 10.0 Å². The van der Waals surface area contributed by atoms with Crippen molar-refractivity contribution in [3.63, 3.8) is 0 Å². The van der Waals surface area contributed by atoms with E-state index in [9.17, 15) is 18.0 Å². The number of methoxy groups -OCH3 is 1. The van der Waals surface area contributed by atoms with Crippen molar-refractivity contribution in [2.45, 2.75) is 38.8 Å². The minimum absolute atomic E-state index is 0.0446. The summed E-state index contributed by atoms with van der Waals surface area (Å²) in [6, 6.07) is 19.8. The first-order chi connectivity index (χ1) is 19.5. The summed E-state index contributed by atoms with van der Waals surface area (Å²) in [6.07, 6.45) is 2.89. The van der Waals surface area contributed by atoms with Gasteiger partial charge in [0.2, 0.25) is 21.8 Å². The predicted molar refractivity (Wildman–Crippen MR) is 164 cm³/mol. The third-order valence-corrected chi connectivity index (χ3v) is 8.20. The number of ether oxygens (including phenoxy) is 1. The maximum atomic E-state index is 14.2. The van der Waals surface area contributed by atoms with Gasteiger partial charge in [-0.2, -0.15) is 0 Å². The maximum Gasteiger partial charge on any atom is 0.244 e. The lowest BCUT2D eigenvalue weighted by Gasteiger charge is -2.34. The van der Waals surface area contributed by atoms with E-state index in [-0.39, 0.29) is 30.3 Å². The molecule has 0 spiro atoms. The molecule has 0 radical (unpaired) electrons. The van der Waals surface area contributed by atoms with Crippen LogP contribution in [0.3, 0.4) is 0 Å². The summed E-state index contributed by atoms with van der Waals surface area (Å²) in [5, 5.41) is 3.69. The van der Waals surface area contributed by atoms with Crippen molar-refractivity contribution in [1.82, 2.24) is 10.2 Å². The van der Waals surface area contributed by atoms with Gasteiger partial charge in [-0.25, -0.2) is 8.42 Å². The van der Waals surface area contributed by atoms with Crippen LogP contribution in [0.4, 0.5) is 5.69 Å². The molecule has 0 aliphatic rings. The number of halogens is 2. The number of hydrogen-bond acceptors (Lipinski definition) is 5. The Morgan fingerprint density at radius 3 is 2.32 bits per heavy atom. The topological polar surface area (TPSA) is 96.0 Å². The lowest BCUT2D eigenvalue weighted by molar-refractivity contribution is -0.140. The second-order valence-corrected chi connectivity index (χ2v) is 12.3. The lowest BCUT2D eigenvalue weighted by atomic mass is 10.0. The molecule has 0 saturated carbocycles. The highest BCUT2D eigenvalue weighted by molar-refractivity contribution is 7.92. The van der Waals surface area contributed by atoms with E-state index in [0.29, 0.717) is 22.2 Å². The highest BCUT2D eigenvalue weighted by atomic mass is 35.5. The number of carbonyl (C=O) groups is 2. The fourth-order valence-corrected chi connectivity index (χ4v) is 5.65. The van der Waals surface area contributed by atoms with Crippen molar-refractivity contribution >= 4 is 50.7 Å². The normalized spacial score (nSPS) is 11.9. The van der Waals surface area contributed by atoms with Gasteiger partial charge in [-0.3, -0.25) is 13.9 Å². The molecular weight excluding hydrogens is 585 g/mol. The zero-order valence-corrected chi connectivity index (χ0v) is 25.7. The number of nitrogens with zero attached hydrogens (tertiary/aromatic N) is 2. The van der Waals surface area contributed by atoms with E-state index in [1.807, 2.05) is 37.3 Å². The Kier molecular flexibility index (Phi) is 11.9. The minimum Gasteiger partial charge on any atom is -0.495 e. The molecule has 0 heterocycles. The van der Waals surface area contributed by atoms with E-state index in [1.54, 1.807) is 42.5 Å². The molecule has 220 valence electrons. The maximum absolute atomic E-state index is 14.2. The summed E-state index contributed by atoms with van der Waals surface area (Å²) in [6.45, 7) is 1.86. The minimum atomic E-state index is -3.93. The number of rotatable bonds is 14. The number of benzene rings is 3. The Morgan fingerprint density at radius 2 is 1.68 bits per heavy atom.